The van der Waals surface area contributed by atoms with Gasteiger partial charge in [-0.25, -0.2) is 0 Å². The van der Waals surface area contributed by atoms with Gasteiger partial charge in [-0.05, 0) is 68.0 Å². The molecule has 0 aliphatic carbocycles. The predicted octanol–water partition coefficient (Wildman–Crippen LogP) is 6.84. The van der Waals surface area contributed by atoms with Gasteiger partial charge in [0.05, 0.1) is 22.8 Å². The van der Waals surface area contributed by atoms with E-state index in [0.717, 1.165) is 34.4 Å². The number of hydrogen-bond acceptors (Lipinski definition) is 6. The third kappa shape index (κ3) is 6.98. The number of thioether (sulfide) groups is 1. The molecular weight excluding hydrogens is 549 g/mol. The lowest BCUT2D eigenvalue weighted by Crippen LogP contribution is -2.27. The summed E-state index contributed by atoms with van der Waals surface area (Å²) in [6.07, 6.45) is -2.98. The lowest BCUT2D eigenvalue weighted by Gasteiger charge is -2.16. The van der Waals surface area contributed by atoms with Crippen LogP contribution in [0.4, 0.5) is 24.5 Å². The van der Waals surface area contributed by atoms with Crippen LogP contribution in [0.2, 0.25) is 0 Å². The number of carbonyl (C=O) groups is 2. The highest BCUT2D eigenvalue weighted by atomic mass is 32.2. The van der Waals surface area contributed by atoms with E-state index in [-0.39, 0.29) is 27.4 Å². The Morgan fingerprint density at radius 1 is 1.05 bits per heavy atom. The van der Waals surface area contributed by atoms with Crippen molar-refractivity contribution in [2.24, 2.45) is 0 Å². The molecule has 202 valence electrons. The average Bonchev–Trinajstić information content (AvgIpc) is 3.17. The fourth-order valence-electron chi connectivity index (χ4n) is 3.64. The van der Waals surface area contributed by atoms with E-state index in [1.165, 1.54) is 12.1 Å². The lowest BCUT2D eigenvalue weighted by molar-refractivity contribution is -0.137. The number of aryl methyl sites for hydroxylation is 1. The molecule has 0 radical (unpaired) electrons. The third-order valence-corrected chi connectivity index (χ3v) is 6.79. The van der Waals surface area contributed by atoms with E-state index in [9.17, 15) is 22.8 Å². The zero-order valence-electron chi connectivity index (χ0n) is 20.9. The van der Waals surface area contributed by atoms with Crippen LogP contribution in [-0.2, 0) is 15.8 Å². The molecule has 1 fully saturated rings. The highest BCUT2D eigenvalue weighted by Gasteiger charge is 2.36. The largest absolute Gasteiger partial charge is 0.490 e. The van der Waals surface area contributed by atoms with Gasteiger partial charge in [0.2, 0.25) is 0 Å². The van der Waals surface area contributed by atoms with Crippen molar-refractivity contribution in [2.75, 3.05) is 23.4 Å². The topological polar surface area (TPSA) is 67.9 Å². The Kier molecular flexibility index (Phi) is 8.61. The Labute approximate surface area is 232 Å². The van der Waals surface area contributed by atoms with Gasteiger partial charge in [-0.15, -0.1) is 0 Å². The molecule has 3 aromatic carbocycles. The van der Waals surface area contributed by atoms with Crippen molar-refractivity contribution >= 4 is 57.6 Å². The molecule has 0 aromatic heterocycles. The summed E-state index contributed by atoms with van der Waals surface area (Å²) in [4.78, 5) is 26.7. The molecule has 39 heavy (non-hydrogen) atoms. The minimum absolute atomic E-state index is 0.0402. The summed E-state index contributed by atoms with van der Waals surface area (Å²) in [5, 5.41) is 2.76. The fourth-order valence-corrected chi connectivity index (χ4v) is 4.94. The first-order valence-corrected chi connectivity index (χ1v) is 13.0. The molecule has 1 aliphatic rings. The monoisotopic (exact) mass is 572 g/mol. The Hall–Kier alpha value is -3.83. The molecule has 1 aliphatic heterocycles. The van der Waals surface area contributed by atoms with Gasteiger partial charge in [0.1, 0.15) is 0 Å². The molecule has 1 heterocycles. The van der Waals surface area contributed by atoms with Gasteiger partial charge in [-0.1, -0.05) is 53.8 Å². The second kappa shape index (κ2) is 11.9. The van der Waals surface area contributed by atoms with E-state index in [1.54, 1.807) is 43.3 Å². The highest BCUT2D eigenvalue weighted by Crippen LogP contribution is 2.39. The van der Waals surface area contributed by atoms with Crippen molar-refractivity contribution in [3.8, 4) is 11.5 Å². The summed E-state index contributed by atoms with van der Waals surface area (Å²) in [7, 11) is 0. The van der Waals surface area contributed by atoms with Gasteiger partial charge in [0.25, 0.3) is 11.8 Å². The SMILES string of the molecule is CCOc1cc(/C=C2\SC(=S)N(c3cccc(C(F)(F)F)c3)C2=O)ccc1OCC(=O)Nc1ccc(C)cc1. The van der Waals surface area contributed by atoms with E-state index in [1.807, 2.05) is 19.1 Å². The standard InChI is InChI=1S/C28H23F3N2O4S2/c1-3-36-23-13-18(9-12-22(23)37-16-25(34)32-20-10-7-17(2)8-11-20)14-24-26(35)33(27(38)39-24)21-6-4-5-19(15-21)28(29,30)31/h4-15H,3,16H2,1-2H3,(H,32,34)/b24-14-. The number of anilines is 2. The van der Waals surface area contributed by atoms with Crippen LogP contribution in [-0.4, -0.2) is 29.3 Å². The number of halogens is 3. The molecule has 0 saturated carbocycles. The van der Waals surface area contributed by atoms with Crippen LogP contribution in [0.25, 0.3) is 6.08 Å². The van der Waals surface area contributed by atoms with Crippen LogP contribution in [0.15, 0.2) is 71.6 Å². The van der Waals surface area contributed by atoms with Crippen molar-refractivity contribution in [3.63, 3.8) is 0 Å². The first-order chi connectivity index (χ1) is 18.5. The number of benzene rings is 3. The van der Waals surface area contributed by atoms with Crippen molar-refractivity contribution in [2.45, 2.75) is 20.0 Å². The molecule has 0 unspecified atom stereocenters. The van der Waals surface area contributed by atoms with Gasteiger partial charge in [0, 0.05) is 5.69 Å². The maximum absolute atomic E-state index is 13.2. The first kappa shape index (κ1) is 28.2. The van der Waals surface area contributed by atoms with E-state index >= 15 is 0 Å². The highest BCUT2D eigenvalue weighted by molar-refractivity contribution is 8.27. The molecule has 1 saturated heterocycles. The van der Waals surface area contributed by atoms with Crippen molar-refractivity contribution in [3.05, 3.63) is 88.3 Å². The van der Waals surface area contributed by atoms with Gasteiger partial charge in [-0.2, -0.15) is 13.2 Å². The van der Waals surface area contributed by atoms with Crippen LogP contribution in [0.5, 0.6) is 11.5 Å². The number of nitrogens with zero attached hydrogens (tertiary/aromatic N) is 1. The molecule has 1 N–H and O–H groups in total. The molecule has 6 nitrogen and oxygen atoms in total. The zero-order chi connectivity index (χ0) is 28.2. The number of hydrogen-bond donors (Lipinski definition) is 1. The minimum atomic E-state index is -4.55. The number of amides is 2. The Balaban J connectivity index is 1.49. The van der Waals surface area contributed by atoms with Crippen molar-refractivity contribution < 1.29 is 32.2 Å². The molecule has 0 spiro atoms. The van der Waals surface area contributed by atoms with E-state index < -0.39 is 17.6 Å². The lowest BCUT2D eigenvalue weighted by atomic mass is 10.1. The maximum Gasteiger partial charge on any atom is 0.416 e. The summed E-state index contributed by atoms with van der Waals surface area (Å²) in [5.41, 5.74) is 1.47. The summed E-state index contributed by atoms with van der Waals surface area (Å²) >= 11 is 6.28. The number of alkyl halides is 3. The quantitative estimate of drug-likeness (QED) is 0.236. The molecule has 3 aromatic rings. The normalized spacial score (nSPS) is 14.6. The van der Waals surface area contributed by atoms with Crippen LogP contribution in [0.3, 0.4) is 0 Å². The number of nitrogens with one attached hydrogen (secondary N) is 1. The minimum Gasteiger partial charge on any atom is -0.490 e. The molecule has 2 amide bonds. The van der Waals surface area contributed by atoms with Crippen molar-refractivity contribution in [1.82, 2.24) is 0 Å². The zero-order valence-corrected chi connectivity index (χ0v) is 22.5. The van der Waals surface area contributed by atoms with Gasteiger partial charge >= 0.3 is 6.18 Å². The van der Waals surface area contributed by atoms with Gasteiger partial charge in [-0.3, -0.25) is 14.5 Å². The Morgan fingerprint density at radius 3 is 2.49 bits per heavy atom. The Bertz CT molecular complexity index is 1440. The predicted molar refractivity (Wildman–Crippen MR) is 150 cm³/mol. The molecule has 11 heteroatoms. The molecule has 0 bridgehead atoms. The van der Waals surface area contributed by atoms with Gasteiger partial charge in [0.15, 0.2) is 22.4 Å². The van der Waals surface area contributed by atoms with Crippen LogP contribution < -0.4 is 19.7 Å². The smallest absolute Gasteiger partial charge is 0.416 e. The number of rotatable bonds is 8. The maximum atomic E-state index is 13.2. The second-order valence-electron chi connectivity index (χ2n) is 8.41. The molecular formula is C28H23F3N2O4S2. The summed E-state index contributed by atoms with van der Waals surface area (Å²) in [5.74, 6) is -0.175. The molecule has 4 rings (SSSR count). The van der Waals surface area contributed by atoms with Crippen molar-refractivity contribution in [1.29, 1.82) is 0 Å². The van der Waals surface area contributed by atoms with E-state index in [0.29, 0.717) is 29.4 Å². The Morgan fingerprint density at radius 2 is 1.79 bits per heavy atom. The summed E-state index contributed by atoms with van der Waals surface area (Å²) < 4.78 is 50.9. The summed E-state index contributed by atoms with van der Waals surface area (Å²) in [6.45, 7) is 3.82. The number of carbonyl (C=O) groups excluding carboxylic acids is 2. The van der Waals surface area contributed by atoms with Crippen LogP contribution in [0, 0.1) is 6.92 Å². The van der Waals surface area contributed by atoms with Crippen LogP contribution in [0.1, 0.15) is 23.6 Å². The molecule has 0 atom stereocenters. The second-order valence-corrected chi connectivity index (χ2v) is 10.1. The fraction of sp³-hybridized carbons (Fsp3) is 0.179. The summed E-state index contributed by atoms with van der Waals surface area (Å²) in [6, 6.07) is 16.7. The van der Waals surface area contributed by atoms with Gasteiger partial charge < -0.3 is 14.8 Å². The van der Waals surface area contributed by atoms with E-state index in [4.69, 9.17) is 21.7 Å². The van der Waals surface area contributed by atoms with E-state index in [2.05, 4.69) is 5.32 Å². The first-order valence-electron chi connectivity index (χ1n) is 11.8. The van der Waals surface area contributed by atoms with Crippen LogP contribution >= 0.6 is 24.0 Å². The third-order valence-electron chi connectivity index (χ3n) is 5.48. The average molecular weight is 573 g/mol. The number of ether oxygens (including phenoxy) is 2. The number of thiocarbonyl (C=S) groups is 1.